The highest BCUT2D eigenvalue weighted by atomic mass is 32.2. The van der Waals surface area contributed by atoms with E-state index >= 15 is 0 Å². The van der Waals surface area contributed by atoms with Crippen LogP contribution in [0.2, 0.25) is 0 Å². The number of methoxy groups -OCH3 is 1. The number of ether oxygens (including phenoxy) is 1. The molecule has 18 heavy (non-hydrogen) atoms. The van der Waals surface area contributed by atoms with E-state index < -0.39 is 33.8 Å². The summed E-state index contributed by atoms with van der Waals surface area (Å²) < 4.78 is 29.5. The predicted molar refractivity (Wildman–Crippen MR) is 68.0 cm³/mol. The Bertz CT molecular complexity index is 381. The normalized spacial score (nSPS) is 13.0. The van der Waals surface area contributed by atoms with E-state index in [2.05, 4.69) is 9.46 Å². The monoisotopic (exact) mass is 299 g/mol. The maximum atomic E-state index is 11.5. The van der Waals surface area contributed by atoms with Crippen LogP contribution in [0.3, 0.4) is 0 Å². The molecule has 2 N–H and O–H groups in total. The Balaban J connectivity index is 4.41. The zero-order valence-corrected chi connectivity index (χ0v) is 11.8. The number of carbonyl (C=O) groups is 2. The second kappa shape index (κ2) is 8.33. The second-order valence-electron chi connectivity index (χ2n) is 3.44. The average molecular weight is 299 g/mol. The lowest BCUT2D eigenvalue weighted by molar-refractivity contribution is -0.140. The van der Waals surface area contributed by atoms with Crippen molar-refractivity contribution in [3.05, 3.63) is 0 Å². The maximum absolute atomic E-state index is 11.5. The summed E-state index contributed by atoms with van der Waals surface area (Å²) in [5, 5.41) is 8.86. The molecule has 0 heterocycles. The number of hydrogen-bond donors (Lipinski definition) is 2. The fraction of sp³-hybridized carbons (Fsp3) is 0.778. The molecule has 0 aliphatic heterocycles. The van der Waals surface area contributed by atoms with E-state index in [-0.39, 0.29) is 12.8 Å². The third-order valence-electron chi connectivity index (χ3n) is 2.03. The molecule has 1 atom stereocenters. The molecule has 1 unspecified atom stereocenters. The van der Waals surface area contributed by atoms with Gasteiger partial charge in [0, 0.05) is 0 Å². The molecule has 0 bridgehead atoms. The fourth-order valence-electron chi connectivity index (χ4n) is 1.06. The summed E-state index contributed by atoms with van der Waals surface area (Å²) in [5.41, 5.74) is 0. The van der Waals surface area contributed by atoms with Crippen molar-refractivity contribution >= 4 is 33.7 Å². The van der Waals surface area contributed by atoms with Crippen molar-refractivity contribution in [3.63, 3.8) is 0 Å². The van der Waals surface area contributed by atoms with Crippen LogP contribution in [0.5, 0.6) is 0 Å². The summed E-state index contributed by atoms with van der Waals surface area (Å²) in [5.74, 6) is -1.85. The molecule has 0 rings (SSSR count). The van der Waals surface area contributed by atoms with Gasteiger partial charge in [0.15, 0.2) is 0 Å². The molecule has 106 valence electrons. The van der Waals surface area contributed by atoms with Crippen LogP contribution in [0.4, 0.5) is 0 Å². The lowest BCUT2D eigenvalue weighted by Crippen LogP contribution is -2.42. The number of esters is 1. The fourth-order valence-corrected chi connectivity index (χ4v) is 2.74. The van der Waals surface area contributed by atoms with Crippen LogP contribution in [0.1, 0.15) is 12.8 Å². The molecular weight excluding hydrogens is 282 g/mol. The van der Waals surface area contributed by atoms with Gasteiger partial charge in [0.1, 0.15) is 6.04 Å². The second-order valence-corrected chi connectivity index (χ2v) is 6.29. The van der Waals surface area contributed by atoms with Gasteiger partial charge in [0.05, 0.1) is 19.3 Å². The van der Waals surface area contributed by atoms with E-state index in [9.17, 15) is 18.0 Å². The lowest BCUT2D eigenvalue weighted by Gasteiger charge is -2.13. The molecule has 0 aromatic heterocycles. The first kappa shape index (κ1) is 17.2. The highest BCUT2D eigenvalue weighted by Crippen LogP contribution is 2.03. The van der Waals surface area contributed by atoms with Crippen molar-refractivity contribution in [2.75, 3.05) is 24.9 Å². The van der Waals surface area contributed by atoms with Crippen LogP contribution in [0.15, 0.2) is 0 Å². The molecule has 0 radical (unpaired) electrons. The molecular formula is C9H17NO6S2. The van der Waals surface area contributed by atoms with Gasteiger partial charge in [-0.1, -0.05) is 0 Å². The predicted octanol–water partition coefficient (Wildman–Crippen LogP) is -0.325. The van der Waals surface area contributed by atoms with Crippen LogP contribution in [-0.4, -0.2) is 56.4 Å². The minimum absolute atomic E-state index is 0.188. The molecule has 9 heteroatoms. The van der Waals surface area contributed by atoms with Crippen molar-refractivity contribution in [3.8, 4) is 0 Å². The zero-order valence-electron chi connectivity index (χ0n) is 10.2. The molecule has 0 saturated heterocycles. The molecule has 0 spiro atoms. The Morgan fingerprint density at radius 1 is 1.44 bits per heavy atom. The third kappa shape index (κ3) is 7.51. The van der Waals surface area contributed by atoms with E-state index in [1.807, 2.05) is 0 Å². The molecule has 0 aromatic carbocycles. The quantitative estimate of drug-likeness (QED) is 0.561. The number of carboxylic acids is 1. The van der Waals surface area contributed by atoms with Crippen LogP contribution in [0, 0.1) is 0 Å². The van der Waals surface area contributed by atoms with Crippen molar-refractivity contribution < 1.29 is 27.9 Å². The molecule has 0 fully saturated rings. The minimum atomic E-state index is -3.80. The highest BCUT2D eigenvalue weighted by Gasteiger charge is 2.24. The zero-order chi connectivity index (χ0) is 14.2. The van der Waals surface area contributed by atoms with Gasteiger partial charge in [-0.2, -0.15) is 11.8 Å². The van der Waals surface area contributed by atoms with Gasteiger partial charge in [-0.15, -0.1) is 0 Å². The molecule has 0 amide bonds. The number of rotatable bonds is 9. The van der Waals surface area contributed by atoms with Gasteiger partial charge in [-0.05, 0) is 18.4 Å². The standard InChI is InChI=1S/C9H17NO6S2/c1-16-8(11)4-6-18(14,15)10-7(9(12)13)3-5-17-2/h7,10H,3-6H2,1-2H3,(H,12,13). The average Bonchev–Trinajstić information content (AvgIpc) is 2.31. The van der Waals surface area contributed by atoms with Crippen LogP contribution >= 0.6 is 11.8 Å². The Hall–Kier alpha value is -0.800. The summed E-state index contributed by atoms with van der Waals surface area (Å²) in [6.07, 6.45) is 1.68. The SMILES string of the molecule is COC(=O)CCS(=O)(=O)NC(CCSC)C(=O)O. The first-order chi connectivity index (χ1) is 8.32. The number of carboxylic acid groups (broad SMARTS) is 1. The van der Waals surface area contributed by atoms with Gasteiger partial charge in [0.2, 0.25) is 10.0 Å². The largest absolute Gasteiger partial charge is 0.480 e. The number of hydrogen-bond acceptors (Lipinski definition) is 6. The Kier molecular flexibility index (Phi) is 7.96. The Morgan fingerprint density at radius 3 is 2.50 bits per heavy atom. The van der Waals surface area contributed by atoms with Crippen molar-refractivity contribution in [1.29, 1.82) is 0 Å². The van der Waals surface area contributed by atoms with E-state index in [0.717, 1.165) is 7.11 Å². The highest BCUT2D eigenvalue weighted by molar-refractivity contribution is 7.98. The number of carbonyl (C=O) groups excluding carboxylic acids is 1. The topological polar surface area (TPSA) is 110 Å². The Labute approximate surface area is 110 Å². The van der Waals surface area contributed by atoms with Gasteiger partial charge >= 0.3 is 11.9 Å². The van der Waals surface area contributed by atoms with Crippen LogP contribution in [0.25, 0.3) is 0 Å². The maximum Gasteiger partial charge on any atom is 0.321 e. The lowest BCUT2D eigenvalue weighted by atomic mass is 10.2. The van der Waals surface area contributed by atoms with E-state index in [4.69, 9.17) is 5.11 Å². The first-order valence-corrected chi connectivity index (χ1v) is 8.15. The molecule has 0 aromatic rings. The van der Waals surface area contributed by atoms with E-state index in [1.54, 1.807) is 6.26 Å². The van der Waals surface area contributed by atoms with Crippen molar-refractivity contribution in [1.82, 2.24) is 4.72 Å². The Morgan fingerprint density at radius 2 is 2.06 bits per heavy atom. The van der Waals surface area contributed by atoms with Crippen LogP contribution < -0.4 is 4.72 Å². The summed E-state index contributed by atoms with van der Waals surface area (Å²) in [6.45, 7) is 0. The first-order valence-electron chi connectivity index (χ1n) is 5.11. The van der Waals surface area contributed by atoms with Crippen LogP contribution in [-0.2, 0) is 24.3 Å². The number of nitrogens with one attached hydrogen (secondary N) is 1. The van der Waals surface area contributed by atoms with Gasteiger partial charge in [-0.3, -0.25) is 9.59 Å². The molecule has 0 aliphatic rings. The van der Waals surface area contributed by atoms with E-state index in [0.29, 0.717) is 5.75 Å². The van der Waals surface area contributed by atoms with Crippen molar-refractivity contribution in [2.45, 2.75) is 18.9 Å². The smallest absolute Gasteiger partial charge is 0.321 e. The summed E-state index contributed by atoms with van der Waals surface area (Å²) in [7, 11) is -2.65. The van der Waals surface area contributed by atoms with Crippen molar-refractivity contribution in [2.24, 2.45) is 0 Å². The number of aliphatic carboxylic acids is 1. The van der Waals surface area contributed by atoms with Gasteiger partial charge in [-0.25, -0.2) is 13.1 Å². The summed E-state index contributed by atoms with van der Waals surface area (Å²) >= 11 is 1.42. The number of sulfonamides is 1. The molecule has 7 nitrogen and oxygen atoms in total. The third-order valence-corrected chi connectivity index (χ3v) is 4.06. The minimum Gasteiger partial charge on any atom is -0.480 e. The molecule has 0 saturated carbocycles. The summed E-state index contributed by atoms with van der Waals surface area (Å²) in [6, 6.07) is -1.17. The van der Waals surface area contributed by atoms with E-state index in [1.165, 1.54) is 11.8 Å². The van der Waals surface area contributed by atoms with Gasteiger partial charge in [0.25, 0.3) is 0 Å². The number of thioether (sulfide) groups is 1. The summed E-state index contributed by atoms with van der Waals surface area (Å²) in [4.78, 5) is 21.7. The molecule has 0 aliphatic carbocycles. The van der Waals surface area contributed by atoms with Gasteiger partial charge < -0.3 is 9.84 Å².